The molecule has 0 saturated carbocycles. The first-order chi connectivity index (χ1) is 10.0. The van der Waals surface area contributed by atoms with Gasteiger partial charge in [0.15, 0.2) is 0 Å². The minimum Gasteiger partial charge on any atom is -0.480 e. The van der Waals surface area contributed by atoms with Crippen LogP contribution < -0.4 is 0 Å². The van der Waals surface area contributed by atoms with Gasteiger partial charge in [0.25, 0.3) is 5.91 Å². The van der Waals surface area contributed by atoms with Crippen LogP contribution in [0.2, 0.25) is 0 Å². The lowest BCUT2D eigenvalue weighted by molar-refractivity contribution is -0.150. The van der Waals surface area contributed by atoms with Crippen molar-refractivity contribution < 1.29 is 14.7 Å². The number of piperidine rings is 1. The van der Waals surface area contributed by atoms with Gasteiger partial charge in [-0.05, 0) is 26.2 Å². The number of rotatable bonds is 2. The molecule has 1 atom stereocenters. The SMILES string of the molecule is CC1(C(=O)O)CCCCN1C(=O)c1cnn2ccncc12. The van der Waals surface area contributed by atoms with Crippen molar-refractivity contribution in [3.8, 4) is 0 Å². The van der Waals surface area contributed by atoms with Crippen molar-refractivity contribution in [2.45, 2.75) is 31.7 Å². The summed E-state index contributed by atoms with van der Waals surface area (Å²) in [5.41, 5.74) is -0.190. The Morgan fingerprint density at radius 3 is 2.90 bits per heavy atom. The van der Waals surface area contributed by atoms with E-state index in [0.29, 0.717) is 24.0 Å². The molecule has 1 unspecified atom stereocenters. The molecule has 1 amide bonds. The summed E-state index contributed by atoms with van der Waals surface area (Å²) in [5, 5.41) is 13.6. The Kier molecular flexibility index (Phi) is 3.12. The molecule has 1 aliphatic rings. The van der Waals surface area contributed by atoms with Gasteiger partial charge >= 0.3 is 5.97 Å². The summed E-state index contributed by atoms with van der Waals surface area (Å²) in [6, 6.07) is 0. The topological polar surface area (TPSA) is 87.8 Å². The Morgan fingerprint density at radius 2 is 2.14 bits per heavy atom. The summed E-state index contributed by atoms with van der Waals surface area (Å²) in [4.78, 5) is 29.8. The average Bonchev–Trinajstić information content (AvgIpc) is 2.91. The molecule has 21 heavy (non-hydrogen) atoms. The molecule has 0 aliphatic carbocycles. The van der Waals surface area contributed by atoms with E-state index in [1.807, 2.05) is 0 Å². The number of aliphatic carboxylic acids is 1. The first kappa shape index (κ1) is 13.5. The first-order valence-corrected chi connectivity index (χ1v) is 6.87. The molecular weight excluding hydrogens is 272 g/mol. The number of nitrogens with zero attached hydrogens (tertiary/aromatic N) is 4. The van der Waals surface area contributed by atoms with Crippen molar-refractivity contribution in [1.82, 2.24) is 19.5 Å². The third-order valence-corrected chi connectivity index (χ3v) is 4.15. The molecule has 0 spiro atoms. The zero-order chi connectivity index (χ0) is 15.0. The number of carbonyl (C=O) groups excluding carboxylic acids is 1. The van der Waals surface area contributed by atoms with Crippen LogP contribution in [-0.4, -0.2) is 48.6 Å². The number of likely N-dealkylation sites (tertiary alicyclic amines) is 1. The van der Waals surface area contributed by atoms with E-state index in [4.69, 9.17) is 0 Å². The van der Waals surface area contributed by atoms with Gasteiger partial charge in [-0.15, -0.1) is 0 Å². The molecule has 3 heterocycles. The lowest BCUT2D eigenvalue weighted by Gasteiger charge is -2.41. The molecule has 1 N–H and O–H groups in total. The Bertz CT molecular complexity index is 711. The van der Waals surface area contributed by atoms with Crippen molar-refractivity contribution in [3.63, 3.8) is 0 Å². The van der Waals surface area contributed by atoms with E-state index in [2.05, 4.69) is 10.1 Å². The van der Waals surface area contributed by atoms with Gasteiger partial charge in [-0.1, -0.05) is 0 Å². The Labute approximate surface area is 121 Å². The number of carboxylic acid groups (broad SMARTS) is 1. The highest BCUT2D eigenvalue weighted by Gasteiger charge is 2.44. The normalized spacial score (nSPS) is 22.4. The number of amides is 1. The first-order valence-electron chi connectivity index (χ1n) is 6.87. The second-order valence-electron chi connectivity index (χ2n) is 5.46. The van der Waals surface area contributed by atoms with E-state index in [9.17, 15) is 14.7 Å². The van der Waals surface area contributed by atoms with E-state index in [1.54, 1.807) is 30.0 Å². The van der Waals surface area contributed by atoms with Gasteiger partial charge in [0, 0.05) is 18.9 Å². The molecule has 0 aromatic carbocycles. The Morgan fingerprint density at radius 1 is 1.33 bits per heavy atom. The van der Waals surface area contributed by atoms with Crippen LogP contribution in [0.5, 0.6) is 0 Å². The molecule has 7 nitrogen and oxygen atoms in total. The number of fused-ring (bicyclic) bond motifs is 1. The molecule has 2 aromatic rings. The Balaban J connectivity index is 2.02. The van der Waals surface area contributed by atoms with Crippen LogP contribution in [0.25, 0.3) is 5.52 Å². The van der Waals surface area contributed by atoms with E-state index in [1.165, 1.54) is 11.1 Å². The van der Waals surface area contributed by atoms with Crippen LogP contribution in [0.15, 0.2) is 24.8 Å². The zero-order valence-corrected chi connectivity index (χ0v) is 11.7. The molecule has 2 aromatic heterocycles. The maximum atomic E-state index is 12.8. The third kappa shape index (κ3) is 2.05. The quantitative estimate of drug-likeness (QED) is 0.897. The van der Waals surface area contributed by atoms with Crippen molar-refractivity contribution in [3.05, 3.63) is 30.4 Å². The molecular formula is C14H16N4O3. The van der Waals surface area contributed by atoms with Gasteiger partial charge in [-0.2, -0.15) is 5.10 Å². The fourth-order valence-corrected chi connectivity index (χ4v) is 2.81. The highest BCUT2D eigenvalue weighted by atomic mass is 16.4. The zero-order valence-electron chi connectivity index (χ0n) is 11.7. The van der Waals surface area contributed by atoms with Crippen LogP contribution >= 0.6 is 0 Å². The number of carboxylic acids is 1. The summed E-state index contributed by atoms with van der Waals surface area (Å²) in [6.45, 7) is 2.05. The van der Waals surface area contributed by atoms with Gasteiger partial charge < -0.3 is 10.0 Å². The van der Waals surface area contributed by atoms with Crippen molar-refractivity contribution >= 4 is 17.4 Å². The summed E-state index contributed by atoms with van der Waals surface area (Å²) < 4.78 is 1.56. The minimum absolute atomic E-state index is 0.303. The molecule has 1 saturated heterocycles. The second kappa shape index (κ2) is 4.83. The van der Waals surface area contributed by atoms with Crippen molar-refractivity contribution in [2.24, 2.45) is 0 Å². The van der Waals surface area contributed by atoms with Crippen LogP contribution in [0.4, 0.5) is 0 Å². The van der Waals surface area contributed by atoms with Crippen LogP contribution in [0, 0.1) is 0 Å². The maximum absolute atomic E-state index is 12.8. The molecule has 0 radical (unpaired) electrons. The van der Waals surface area contributed by atoms with E-state index in [0.717, 1.165) is 12.8 Å². The van der Waals surface area contributed by atoms with Gasteiger partial charge in [0.1, 0.15) is 5.54 Å². The number of aromatic nitrogens is 3. The maximum Gasteiger partial charge on any atom is 0.329 e. The van der Waals surface area contributed by atoms with Gasteiger partial charge in [-0.25, -0.2) is 9.31 Å². The van der Waals surface area contributed by atoms with Crippen molar-refractivity contribution in [2.75, 3.05) is 6.54 Å². The van der Waals surface area contributed by atoms with E-state index in [-0.39, 0.29) is 5.91 Å². The predicted molar refractivity (Wildman–Crippen MR) is 73.9 cm³/mol. The monoisotopic (exact) mass is 288 g/mol. The molecule has 1 fully saturated rings. The summed E-state index contributed by atoms with van der Waals surface area (Å²) in [5.74, 6) is -1.27. The highest BCUT2D eigenvalue weighted by Crippen LogP contribution is 2.30. The van der Waals surface area contributed by atoms with Crippen LogP contribution in [0.3, 0.4) is 0 Å². The lowest BCUT2D eigenvalue weighted by Crippen LogP contribution is -2.57. The minimum atomic E-state index is -1.16. The highest BCUT2D eigenvalue weighted by molar-refractivity contribution is 6.02. The lowest BCUT2D eigenvalue weighted by atomic mass is 9.88. The molecule has 0 bridgehead atoms. The number of hydrogen-bond acceptors (Lipinski definition) is 4. The largest absolute Gasteiger partial charge is 0.480 e. The van der Waals surface area contributed by atoms with Gasteiger partial charge in [0.05, 0.1) is 23.5 Å². The average molecular weight is 288 g/mol. The van der Waals surface area contributed by atoms with Crippen molar-refractivity contribution in [1.29, 1.82) is 0 Å². The summed E-state index contributed by atoms with van der Waals surface area (Å²) >= 11 is 0. The smallest absolute Gasteiger partial charge is 0.329 e. The summed E-state index contributed by atoms with van der Waals surface area (Å²) in [6.07, 6.45) is 8.34. The third-order valence-electron chi connectivity index (χ3n) is 4.15. The molecule has 3 rings (SSSR count). The standard InChI is InChI=1S/C14H16N4O3/c1-14(13(20)21)4-2-3-6-17(14)12(19)10-8-16-18-7-5-15-9-11(10)18/h5,7-9H,2-4,6H2,1H3,(H,20,21). The Hall–Kier alpha value is -2.44. The van der Waals surface area contributed by atoms with E-state index >= 15 is 0 Å². The van der Waals surface area contributed by atoms with Crippen LogP contribution in [-0.2, 0) is 4.79 Å². The van der Waals surface area contributed by atoms with E-state index < -0.39 is 11.5 Å². The fourth-order valence-electron chi connectivity index (χ4n) is 2.81. The molecule has 110 valence electrons. The predicted octanol–water partition coefficient (Wildman–Crippen LogP) is 1.20. The summed E-state index contributed by atoms with van der Waals surface area (Å²) in [7, 11) is 0. The number of hydrogen-bond donors (Lipinski definition) is 1. The molecule has 1 aliphatic heterocycles. The van der Waals surface area contributed by atoms with Crippen LogP contribution in [0.1, 0.15) is 36.5 Å². The van der Waals surface area contributed by atoms with Gasteiger partial charge in [-0.3, -0.25) is 9.78 Å². The number of carbonyl (C=O) groups is 2. The fraction of sp³-hybridized carbons (Fsp3) is 0.429. The van der Waals surface area contributed by atoms with Gasteiger partial charge in [0.2, 0.25) is 0 Å². The second-order valence-corrected chi connectivity index (χ2v) is 5.46. The molecule has 7 heteroatoms.